The summed E-state index contributed by atoms with van der Waals surface area (Å²) >= 11 is 5.93. The minimum absolute atomic E-state index is 0.00357. The average Bonchev–Trinajstić information content (AvgIpc) is 2.38. The van der Waals surface area contributed by atoms with E-state index >= 15 is 0 Å². The third-order valence-corrected chi connectivity index (χ3v) is 4.73. The van der Waals surface area contributed by atoms with Crippen molar-refractivity contribution in [3.05, 3.63) is 53.3 Å². The van der Waals surface area contributed by atoms with Crippen molar-refractivity contribution in [1.29, 1.82) is 0 Å². The quantitative estimate of drug-likeness (QED) is 0.849. The van der Waals surface area contributed by atoms with Crippen LogP contribution < -0.4 is 10.5 Å². The maximum absolute atomic E-state index is 12.3. The first-order chi connectivity index (χ1) is 9.40. The molecular weight excluding hydrogens is 298 g/mol. The molecule has 1 aromatic carbocycles. The molecule has 0 bridgehead atoms. The zero-order chi connectivity index (χ0) is 14.8. The van der Waals surface area contributed by atoms with E-state index in [1.54, 1.807) is 31.3 Å². The fourth-order valence-corrected chi connectivity index (χ4v) is 3.49. The number of nitrogens with one attached hydrogen (secondary N) is 1. The van der Waals surface area contributed by atoms with Gasteiger partial charge in [-0.15, -0.1) is 0 Å². The van der Waals surface area contributed by atoms with Gasteiger partial charge in [0, 0.05) is 11.9 Å². The highest BCUT2D eigenvalue weighted by Gasteiger charge is 2.21. The SMILES string of the molecule is CC(NS(=O)(=O)c1ccc(N)cc1Cl)c1ccccn1. The summed E-state index contributed by atoms with van der Waals surface area (Å²) in [4.78, 5) is 4.11. The lowest BCUT2D eigenvalue weighted by Crippen LogP contribution is -2.27. The molecule has 0 fully saturated rings. The molecule has 0 amide bonds. The first-order valence-electron chi connectivity index (χ1n) is 5.88. The zero-order valence-corrected chi connectivity index (χ0v) is 12.3. The molecule has 0 radical (unpaired) electrons. The number of nitrogens with zero attached hydrogens (tertiary/aromatic N) is 1. The third kappa shape index (κ3) is 3.27. The van der Waals surface area contributed by atoms with Crippen LogP contribution in [0.15, 0.2) is 47.5 Å². The summed E-state index contributed by atoms with van der Waals surface area (Å²) < 4.78 is 27.1. The summed E-state index contributed by atoms with van der Waals surface area (Å²) in [5, 5.41) is 0.0886. The topological polar surface area (TPSA) is 85.1 Å². The van der Waals surface area contributed by atoms with Gasteiger partial charge in [0.1, 0.15) is 4.90 Å². The minimum Gasteiger partial charge on any atom is -0.399 e. The van der Waals surface area contributed by atoms with Crippen molar-refractivity contribution in [2.24, 2.45) is 0 Å². The second-order valence-electron chi connectivity index (χ2n) is 4.29. The van der Waals surface area contributed by atoms with Crippen molar-refractivity contribution < 1.29 is 8.42 Å². The minimum atomic E-state index is -3.73. The van der Waals surface area contributed by atoms with Gasteiger partial charge in [0.2, 0.25) is 10.0 Å². The predicted octanol–water partition coefficient (Wildman–Crippen LogP) is 2.36. The van der Waals surface area contributed by atoms with Gasteiger partial charge >= 0.3 is 0 Å². The highest BCUT2D eigenvalue weighted by atomic mass is 35.5. The van der Waals surface area contributed by atoms with Gasteiger partial charge in [-0.1, -0.05) is 17.7 Å². The molecule has 0 spiro atoms. The smallest absolute Gasteiger partial charge is 0.242 e. The van der Waals surface area contributed by atoms with Crippen molar-refractivity contribution in [2.75, 3.05) is 5.73 Å². The monoisotopic (exact) mass is 311 g/mol. The Morgan fingerprint density at radius 3 is 2.65 bits per heavy atom. The van der Waals surface area contributed by atoms with Crippen LogP contribution in [0.5, 0.6) is 0 Å². The van der Waals surface area contributed by atoms with E-state index in [1.807, 2.05) is 0 Å². The number of aromatic nitrogens is 1. The Bertz CT molecular complexity index is 705. The van der Waals surface area contributed by atoms with Crippen LogP contribution in [0.4, 0.5) is 5.69 Å². The highest BCUT2D eigenvalue weighted by Crippen LogP contribution is 2.25. The van der Waals surface area contributed by atoms with Crippen LogP contribution in [0.1, 0.15) is 18.7 Å². The van der Waals surface area contributed by atoms with Crippen molar-refractivity contribution in [3.8, 4) is 0 Å². The number of hydrogen-bond donors (Lipinski definition) is 2. The van der Waals surface area contributed by atoms with E-state index in [4.69, 9.17) is 17.3 Å². The molecule has 2 rings (SSSR count). The molecule has 1 aromatic heterocycles. The first kappa shape index (κ1) is 14.8. The summed E-state index contributed by atoms with van der Waals surface area (Å²) in [5.41, 5.74) is 6.59. The van der Waals surface area contributed by atoms with E-state index < -0.39 is 16.1 Å². The van der Waals surface area contributed by atoms with E-state index in [9.17, 15) is 8.42 Å². The molecule has 1 atom stereocenters. The molecular formula is C13H14ClN3O2S. The number of anilines is 1. The van der Waals surface area contributed by atoms with Crippen LogP contribution in [0.25, 0.3) is 0 Å². The van der Waals surface area contributed by atoms with Gasteiger partial charge in [0.05, 0.1) is 16.8 Å². The average molecular weight is 312 g/mol. The fourth-order valence-electron chi connectivity index (χ4n) is 1.72. The number of sulfonamides is 1. The van der Waals surface area contributed by atoms with Gasteiger partial charge in [-0.25, -0.2) is 13.1 Å². The molecule has 1 unspecified atom stereocenters. The normalized spacial score (nSPS) is 13.1. The van der Waals surface area contributed by atoms with Crippen LogP contribution in [0.2, 0.25) is 5.02 Å². The van der Waals surface area contributed by atoms with Crippen molar-refractivity contribution >= 4 is 27.3 Å². The van der Waals surface area contributed by atoms with Crippen molar-refractivity contribution in [1.82, 2.24) is 9.71 Å². The summed E-state index contributed by atoms with van der Waals surface area (Å²) in [6, 6.07) is 9.12. The lowest BCUT2D eigenvalue weighted by molar-refractivity contribution is 0.564. The number of hydrogen-bond acceptors (Lipinski definition) is 4. The number of nitrogens with two attached hydrogens (primary N) is 1. The Morgan fingerprint density at radius 1 is 1.30 bits per heavy atom. The molecule has 0 aliphatic rings. The van der Waals surface area contributed by atoms with E-state index in [1.165, 1.54) is 18.2 Å². The molecule has 5 nitrogen and oxygen atoms in total. The number of pyridine rings is 1. The van der Waals surface area contributed by atoms with Gasteiger partial charge in [0.25, 0.3) is 0 Å². The van der Waals surface area contributed by atoms with Gasteiger partial charge in [-0.3, -0.25) is 4.98 Å². The Kier molecular flexibility index (Phi) is 4.27. The fraction of sp³-hybridized carbons (Fsp3) is 0.154. The lowest BCUT2D eigenvalue weighted by atomic mass is 10.2. The van der Waals surface area contributed by atoms with E-state index in [-0.39, 0.29) is 9.92 Å². The summed E-state index contributed by atoms with van der Waals surface area (Å²) in [5.74, 6) is 0. The van der Waals surface area contributed by atoms with Crippen LogP contribution in [-0.4, -0.2) is 13.4 Å². The van der Waals surface area contributed by atoms with Crippen LogP contribution >= 0.6 is 11.6 Å². The van der Waals surface area contributed by atoms with Crippen LogP contribution in [-0.2, 0) is 10.0 Å². The number of rotatable bonds is 4. The summed E-state index contributed by atoms with van der Waals surface area (Å²) in [6.45, 7) is 1.71. The Hall–Kier alpha value is -1.63. The van der Waals surface area contributed by atoms with Crippen LogP contribution in [0.3, 0.4) is 0 Å². The molecule has 1 heterocycles. The molecule has 2 aromatic rings. The third-order valence-electron chi connectivity index (χ3n) is 2.71. The Balaban J connectivity index is 2.28. The predicted molar refractivity (Wildman–Crippen MR) is 78.8 cm³/mol. The standard InChI is InChI=1S/C13H14ClN3O2S/c1-9(12-4-2-3-7-16-12)17-20(18,19)13-6-5-10(15)8-11(13)14/h2-9,17H,15H2,1H3. The molecule has 20 heavy (non-hydrogen) atoms. The van der Waals surface area contributed by atoms with E-state index in [0.717, 1.165) is 0 Å². The molecule has 0 aliphatic heterocycles. The zero-order valence-electron chi connectivity index (χ0n) is 10.7. The van der Waals surface area contributed by atoms with E-state index in [0.29, 0.717) is 11.4 Å². The second kappa shape index (κ2) is 5.78. The molecule has 0 aliphatic carbocycles. The molecule has 0 saturated carbocycles. The maximum Gasteiger partial charge on any atom is 0.242 e. The number of halogens is 1. The Morgan fingerprint density at radius 2 is 2.05 bits per heavy atom. The maximum atomic E-state index is 12.3. The summed E-state index contributed by atoms with van der Waals surface area (Å²) in [6.07, 6.45) is 1.61. The van der Waals surface area contributed by atoms with Gasteiger partial charge in [-0.2, -0.15) is 0 Å². The summed E-state index contributed by atoms with van der Waals surface area (Å²) in [7, 11) is -3.73. The van der Waals surface area contributed by atoms with Crippen molar-refractivity contribution in [2.45, 2.75) is 17.9 Å². The second-order valence-corrected chi connectivity index (χ2v) is 6.38. The molecule has 3 N–H and O–H groups in total. The van der Waals surface area contributed by atoms with Crippen molar-refractivity contribution in [3.63, 3.8) is 0 Å². The van der Waals surface area contributed by atoms with E-state index in [2.05, 4.69) is 9.71 Å². The lowest BCUT2D eigenvalue weighted by Gasteiger charge is -2.14. The number of nitrogen functional groups attached to an aromatic ring is 1. The van der Waals surface area contributed by atoms with Gasteiger partial charge in [-0.05, 0) is 37.3 Å². The highest BCUT2D eigenvalue weighted by molar-refractivity contribution is 7.89. The Labute approximate surface area is 122 Å². The van der Waals surface area contributed by atoms with Gasteiger partial charge < -0.3 is 5.73 Å². The van der Waals surface area contributed by atoms with Crippen LogP contribution in [0, 0.1) is 0 Å². The molecule has 0 saturated heterocycles. The largest absolute Gasteiger partial charge is 0.399 e. The van der Waals surface area contributed by atoms with Gasteiger partial charge in [0.15, 0.2) is 0 Å². The number of benzene rings is 1. The molecule has 106 valence electrons. The molecule has 7 heteroatoms. The first-order valence-corrected chi connectivity index (χ1v) is 7.74.